The average molecular weight is 493 g/mol. The number of rotatable bonds is 6. The van der Waals surface area contributed by atoms with Gasteiger partial charge in [0, 0.05) is 17.4 Å². The maximum Gasteiger partial charge on any atom is 0.416 e. The second-order valence-corrected chi connectivity index (χ2v) is 7.67. The Labute approximate surface area is 202 Å². The van der Waals surface area contributed by atoms with Crippen molar-refractivity contribution in [1.29, 1.82) is 0 Å². The summed E-state index contributed by atoms with van der Waals surface area (Å²) in [6.07, 6.45) is -2.90. The highest BCUT2D eigenvalue weighted by Gasteiger charge is 2.29. The molecule has 3 N–H and O–H groups in total. The highest BCUT2D eigenvalue weighted by molar-refractivity contribution is 5.91. The van der Waals surface area contributed by atoms with Crippen LogP contribution in [0, 0.1) is 6.92 Å². The number of aryl methyl sites for hydroxylation is 1. The number of benzene rings is 3. The van der Waals surface area contributed by atoms with E-state index >= 15 is 0 Å². The normalized spacial score (nSPS) is 11.6. The minimum Gasteiger partial charge on any atom is -0.507 e. The Hall–Kier alpha value is -4.80. The number of hydrogen-bond acceptors (Lipinski definition) is 7. The highest BCUT2D eigenvalue weighted by Crippen LogP contribution is 2.31. The van der Waals surface area contributed by atoms with Gasteiger partial charge in [0.25, 0.3) is 0 Å². The van der Waals surface area contributed by atoms with Gasteiger partial charge in [0.2, 0.25) is 5.95 Å². The number of azo groups is 1. The number of nitrogens with one attached hydrogen (secondary N) is 1. The molecule has 0 aliphatic carbocycles. The van der Waals surface area contributed by atoms with Crippen LogP contribution >= 0.6 is 0 Å². The number of aromatic hydroxyl groups is 1. The Kier molecular flexibility index (Phi) is 6.64. The molecule has 0 fully saturated rings. The number of phenols is 1. The number of carboxylic acids is 1. The summed E-state index contributed by atoms with van der Waals surface area (Å²) in [5, 5.41) is 29.9. The predicted molar refractivity (Wildman–Crippen MR) is 126 cm³/mol. The van der Waals surface area contributed by atoms with Crippen molar-refractivity contribution in [2.45, 2.75) is 13.1 Å². The van der Waals surface area contributed by atoms with Gasteiger partial charge >= 0.3 is 12.1 Å². The summed E-state index contributed by atoms with van der Waals surface area (Å²) in [5.41, 5.74) is 2.22. The van der Waals surface area contributed by atoms with Crippen LogP contribution in [0.3, 0.4) is 0 Å². The molecular formula is C25H18F3N5O3. The molecule has 182 valence electrons. The molecule has 0 aliphatic heterocycles. The van der Waals surface area contributed by atoms with Crippen LogP contribution < -0.4 is 5.32 Å². The molecule has 11 heteroatoms. The van der Waals surface area contributed by atoms with Crippen LogP contribution in [0.1, 0.15) is 21.5 Å². The summed E-state index contributed by atoms with van der Waals surface area (Å²) in [6.45, 7) is 1.88. The van der Waals surface area contributed by atoms with Crippen LogP contribution in [0.5, 0.6) is 5.75 Å². The minimum absolute atomic E-state index is 0.198. The molecule has 0 saturated carbocycles. The van der Waals surface area contributed by atoms with E-state index in [9.17, 15) is 23.1 Å². The van der Waals surface area contributed by atoms with Crippen LogP contribution in [0.15, 0.2) is 83.2 Å². The maximum atomic E-state index is 12.8. The quantitative estimate of drug-likeness (QED) is 0.248. The SMILES string of the molecule is Cc1ccc(N=Nc2ccc(O)c(C(=O)O)c2)cc1-c1ccnc(Nc2ccc(C(F)(F)F)cc2)n1. The Balaban J connectivity index is 1.57. The third-order valence-corrected chi connectivity index (χ3v) is 5.11. The van der Waals surface area contributed by atoms with Crippen molar-refractivity contribution < 1.29 is 28.2 Å². The number of hydrogen-bond donors (Lipinski definition) is 3. The van der Waals surface area contributed by atoms with Crippen LogP contribution in [-0.2, 0) is 6.18 Å². The van der Waals surface area contributed by atoms with Gasteiger partial charge in [-0.25, -0.2) is 14.8 Å². The van der Waals surface area contributed by atoms with Crippen molar-refractivity contribution in [3.05, 3.63) is 89.6 Å². The van der Waals surface area contributed by atoms with Crippen molar-refractivity contribution in [2.75, 3.05) is 5.32 Å². The molecule has 0 bridgehead atoms. The Morgan fingerprint density at radius 3 is 2.28 bits per heavy atom. The fraction of sp³-hybridized carbons (Fsp3) is 0.0800. The van der Waals surface area contributed by atoms with Gasteiger partial charge in [-0.2, -0.15) is 23.4 Å². The second kappa shape index (κ2) is 9.82. The number of anilines is 2. The van der Waals surface area contributed by atoms with Crippen LogP contribution in [-0.4, -0.2) is 26.2 Å². The summed E-state index contributed by atoms with van der Waals surface area (Å²) in [4.78, 5) is 19.8. The van der Waals surface area contributed by atoms with E-state index < -0.39 is 17.7 Å². The second-order valence-electron chi connectivity index (χ2n) is 7.67. The fourth-order valence-electron chi connectivity index (χ4n) is 3.26. The van der Waals surface area contributed by atoms with Crippen molar-refractivity contribution in [1.82, 2.24) is 9.97 Å². The molecule has 1 aromatic heterocycles. The van der Waals surface area contributed by atoms with E-state index in [1.165, 1.54) is 36.5 Å². The molecule has 0 aliphatic rings. The lowest BCUT2D eigenvalue weighted by molar-refractivity contribution is -0.137. The van der Waals surface area contributed by atoms with Crippen LogP contribution in [0.2, 0.25) is 0 Å². The molecule has 1 heterocycles. The molecule has 0 atom stereocenters. The number of nitrogens with zero attached hydrogens (tertiary/aromatic N) is 4. The lowest BCUT2D eigenvalue weighted by Crippen LogP contribution is -2.05. The standard InChI is InChI=1S/C25H18F3N5O3/c1-14-2-5-17(32-33-18-8-9-22(34)20(13-18)23(35)36)12-19(14)21-10-11-29-24(31-21)30-16-6-3-15(4-7-16)25(26,27)28/h2-13,34H,1H3,(H,35,36)(H,29,30,31). The molecule has 4 rings (SSSR count). The molecule has 4 aromatic rings. The van der Waals surface area contributed by atoms with Crippen LogP contribution in [0.25, 0.3) is 11.3 Å². The van der Waals surface area contributed by atoms with Gasteiger partial charge in [0.15, 0.2) is 0 Å². The van der Waals surface area contributed by atoms with E-state index in [0.29, 0.717) is 17.1 Å². The zero-order valence-corrected chi connectivity index (χ0v) is 18.7. The number of aromatic nitrogens is 2. The van der Waals surface area contributed by atoms with Gasteiger partial charge in [0.1, 0.15) is 11.3 Å². The summed E-state index contributed by atoms with van der Waals surface area (Å²) in [7, 11) is 0. The molecule has 3 aromatic carbocycles. The number of carboxylic acid groups (broad SMARTS) is 1. The van der Waals surface area contributed by atoms with Gasteiger partial charge in [0.05, 0.1) is 22.6 Å². The number of alkyl halides is 3. The molecule has 0 amide bonds. The summed E-state index contributed by atoms with van der Waals surface area (Å²) in [5.74, 6) is -1.46. The molecular weight excluding hydrogens is 475 g/mol. The Morgan fingerprint density at radius 2 is 1.61 bits per heavy atom. The number of aromatic carboxylic acids is 1. The first kappa shape index (κ1) is 24.3. The molecule has 0 radical (unpaired) electrons. The van der Waals surface area contributed by atoms with E-state index in [1.807, 2.05) is 13.0 Å². The first-order valence-corrected chi connectivity index (χ1v) is 10.5. The average Bonchev–Trinajstić information content (AvgIpc) is 2.84. The van der Waals surface area contributed by atoms with Gasteiger partial charge in [-0.1, -0.05) is 6.07 Å². The zero-order valence-electron chi connectivity index (χ0n) is 18.7. The summed E-state index contributed by atoms with van der Waals surface area (Å²) < 4.78 is 38.3. The van der Waals surface area contributed by atoms with Crippen LogP contribution in [0.4, 0.5) is 36.2 Å². The topological polar surface area (TPSA) is 120 Å². The minimum atomic E-state index is -4.42. The van der Waals surface area contributed by atoms with Crippen molar-refractivity contribution in [3.63, 3.8) is 0 Å². The van der Waals surface area contributed by atoms with E-state index in [2.05, 4.69) is 25.5 Å². The first-order chi connectivity index (χ1) is 17.1. The largest absolute Gasteiger partial charge is 0.507 e. The monoisotopic (exact) mass is 493 g/mol. The Morgan fingerprint density at radius 1 is 0.944 bits per heavy atom. The Bertz CT molecular complexity index is 1450. The molecule has 36 heavy (non-hydrogen) atoms. The molecule has 0 saturated heterocycles. The summed E-state index contributed by atoms with van der Waals surface area (Å²) >= 11 is 0. The molecule has 0 spiro atoms. The number of halogens is 3. The lowest BCUT2D eigenvalue weighted by atomic mass is 10.0. The third kappa shape index (κ3) is 5.63. The van der Waals surface area contributed by atoms with E-state index in [0.717, 1.165) is 23.3 Å². The third-order valence-electron chi connectivity index (χ3n) is 5.11. The van der Waals surface area contributed by atoms with Gasteiger partial charge in [-0.15, -0.1) is 0 Å². The zero-order chi connectivity index (χ0) is 25.9. The van der Waals surface area contributed by atoms with Crippen molar-refractivity contribution >= 4 is 29.0 Å². The van der Waals surface area contributed by atoms with Crippen molar-refractivity contribution in [3.8, 4) is 17.0 Å². The van der Waals surface area contributed by atoms with E-state index in [4.69, 9.17) is 5.11 Å². The highest BCUT2D eigenvalue weighted by atomic mass is 19.4. The van der Waals surface area contributed by atoms with Crippen molar-refractivity contribution in [2.24, 2.45) is 10.2 Å². The first-order valence-electron chi connectivity index (χ1n) is 10.5. The van der Waals surface area contributed by atoms with Gasteiger partial charge in [-0.3, -0.25) is 0 Å². The fourth-order valence-corrected chi connectivity index (χ4v) is 3.26. The van der Waals surface area contributed by atoms with E-state index in [-0.39, 0.29) is 22.9 Å². The maximum absolute atomic E-state index is 12.8. The molecule has 0 unspecified atom stereocenters. The van der Waals surface area contributed by atoms with Gasteiger partial charge < -0.3 is 15.5 Å². The number of carbonyl (C=O) groups is 1. The van der Waals surface area contributed by atoms with Gasteiger partial charge in [-0.05, 0) is 73.2 Å². The smallest absolute Gasteiger partial charge is 0.416 e. The van der Waals surface area contributed by atoms with E-state index in [1.54, 1.807) is 18.2 Å². The lowest BCUT2D eigenvalue weighted by Gasteiger charge is -2.10. The predicted octanol–water partition coefficient (Wildman–Crippen LogP) is 7.03. The summed E-state index contributed by atoms with van der Waals surface area (Å²) in [6, 6.07) is 15.4. The molecule has 8 nitrogen and oxygen atoms in total.